The number of likely N-dealkylation sites (N-methyl/N-ethyl adjacent to an activating group) is 1. The van der Waals surface area contributed by atoms with Crippen molar-refractivity contribution in [1.29, 1.82) is 0 Å². The summed E-state index contributed by atoms with van der Waals surface area (Å²) in [6.45, 7) is 4.18. The lowest BCUT2D eigenvalue weighted by molar-refractivity contribution is -0.384. The van der Waals surface area contributed by atoms with Gasteiger partial charge in [0.25, 0.3) is 15.7 Å². The normalized spacial score (nSPS) is 13.7. The molecule has 0 radical (unpaired) electrons. The van der Waals surface area contributed by atoms with Crippen molar-refractivity contribution in [2.75, 3.05) is 54.8 Å². The number of rotatable bonds is 13. The molecule has 7 aromatic rings. The summed E-state index contributed by atoms with van der Waals surface area (Å²) in [6.07, 6.45) is 1.79. The smallest absolute Gasteiger partial charge is 0.324 e. The lowest BCUT2D eigenvalue weighted by Gasteiger charge is -2.36. The summed E-state index contributed by atoms with van der Waals surface area (Å²) >= 11 is 0. The number of amides is 2. The van der Waals surface area contributed by atoms with Crippen molar-refractivity contribution < 1.29 is 18.1 Å². The van der Waals surface area contributed by atoms with E-state index in [-0.39, 0.29) is 22.4 Å². The SMILES string of the molecule is CN(C(=O)N(C)C(Cc1ccccc1)c1ccccc1)c1ccc(S(=O)(=O)Nc2ncnc3cc(N4CCN(Cc5ccccc5-c5ccccc5)CC4)ccc23)cc1[N+](=O)[O-]. The second-order valence-corrected chi connectivity index (χ2v) is 17.0. The molecule has 6 aromatic carbocycles. The number of sulfonamides is 1. The zero-order valence-corrected chi connectivity index (χ0v) is 35.2. The second kappa shape index (κ2) is 18.2. The molecule has 1 unspecified atom stereocenters. The number of nitro benzene ring substituents is 1. The fourth-order valence-corrected chi connectivity index (χ4v) is 9.09. The maximum absolute atomic E-state index is 14.0. The van der Waals surface area contributed by atoms with E-state index in [1.165, 1.54) is 52.0 Å². The van der Waals surface area contributed by atoms with E-state index in [4.69, 9.17) is 0 Å². The summed E-state index contributed by atoms with van der Waals surface area (Å²) in [6, 6.07) is 46.5. The predicted octanol–water partition coefficient (Wildman–Crippen LogP) is 8.80. The zero-order chi connectivity index (χ0) is 43.2. The van der Waals surface area contributed by atoms with Crippen LogP contribution in [-0.2, 0) is 23.0 Å². The van der Waals surface area contributed by atoms with E-state index in [1.54, 1.807) is 13.1 Å². The molecule has 1 fully saturated rings. The predicted molar refractivity (Wildman–Crippen MR) is 244 cm³/mol. The van der Waals surface area contributed by atoms with Crippen LogP contribution in [0.25, 0.3) is 22.0 Å². The molecule has 0 bridgehead atoms. The first-order valence-electron chi connectivity index (χ1n) is 20.3. The molecule has 1 aromatic heterocycles. The number of hydrogen-bond acceptors (Lipinski definition) is 9. The van der Waals surface area contributed by atoms with Gasteiger partial charge in [-0.25, -0.2) is 23.2 Å². The van der Waals surface area contributed by atoms with Gasteiger partial charge in [-0.2, -0.15) is 0 Å². The van der Waals surface area contributed by atoms with Crippen LogP contribution in [0.2, 0.25) is 0 Å². The van der Waals surface area contributed by atoms with Gasteiger partial charge in [0.2, 0.25) is 0 Å². The van der Waals surface area contributed by atoms with Crippen LogP contribution in [0.5, 0.6) is 0 Å². The van der Waals surface area contributed by atoms with Crippen molar-refractivity contribution in [2.45, 2.75) is 23.9 Å². The third kappa shape index (κ3) is 9.11. The molecule has 1 saturated heterocycles. The molecule has 62 heavy (non-hydrogen) atoms. The maximum Gasteiger partial charge on any atom is 0.324 e. The van der Waals surface area contributed by atoms with Crippen molar-refractivity contribution in [3.8, 4) is 11.1 Å². The lowest BCUT2D eigenvalue weighted by atomic mass is 9.98. The number of fused-ring (bicyclic) bond motifs is 1. The molecular weight excluding hydrogens is 801 g/mol. The fraction of sp³-hybridized carbons (Fsp3) is 0.188. The molecule has 2 heterocycles. The number of nitro groups is 1. The average molecular weight is 847 g/mol. The minimum atomic E-state index is -4.38. The van der Waals surface area contributed by atoms with Gasteiger partial charge in [-0.15, -0.1) is 0 Å². The van der Waals surface area contributed by atoms with Crippen LogP contribution in [0.4, 0.5) is 27.7 Å². The Hall–Kier alpha value is -7.16. The number of piperazine rings is 1. The number of carbonyl (C=O) groups excluding carboxylic acids is 1. The highest BCUT2D eigenvalue weighted by molar-refractivity contribution is 7.92. The Morgan fingerprint density at radius 1 is 0.790 bits per heavy atom. The fourth-order valence-electron chi connectivity index (χ4n) is 8.04. The van der Waals surface area contributed by atoms with Crippen LogP contribution < -0.4 is 14.5 Å². The molecule has 0 spiro atoms. The summed E-state index contributed by atoms with van der Waals surface area (Å²) in [7, 11) is -1.30. The number of hydrogen-bond donors (Lipinski definition) is 1. The number of benzene rings is 6. The summed E-state index contributed by atoms with van der Waals surface area (Å²) in [5.41, 5.74) is 6.53. The van der Waals surface area contributed by atoms with E-state index in [9.17, 15) is 23.3 Å². The largest absolute Gasteiger partial charge is 0.369 e. The van der Waals surface area contributed by atoms with E-state index in [2.05, 4.69) is 73.0 Å². The Bertz CT molecular complexity index is 2810. The van der Waals surface area contributed by atoms with E-state index in [0.29, 0.717) is 17.3 Å². The monoisotopic (exact) mass is 846 g/mol. The Labute approximate surface area is 361 Å². The van der Waals surface area contributed by atoms with Crippen LogP contribution in [0.15, 0.2) is 163 Å². The molecule has 1 aliphatic rings. The Balaban J connectivity index is 0.961. The maximum atomic E-state index is 14.0. The van der Waals surface area contributed by atoms with Gasteiger partial charge in [-0.3, -0.25) is 24.6 Å². The van der Waals surface area contributed by atoms with Crippen LogP contribution in [0.1, 0.15) is 22.7 Å². The molecule has 1 aliphatic heterocycles. The third-order valence-corrected chi connectivity index (χ3v) is 12.7. The molecule has 14 heteroatoms. The van der Waals surface area contributed by atoms with Gasteiger partial charge in [-0.1, -0.05) is 115 Å². The summed E-state index contributed by atoms with van der Waals surface area (Å²) < 4.78 is 30.2. The third-order valence-electron chi connectivity index (χ3n) is 11.4. The Morgan fingerprint density at radius 2 is 1.45 bits per heavy atom. The highest BCUT2D eigenvalue weighted by atomic mass is 32.2. The van der Waals surface area contributed by atoms with Gasteiger partial charge in [0.1, 0.15) is 12.0 Å². The first-order valence-corrected chi connectivity index (χ1v) is 21.8. The van der Waals surface area contributed by atoms with Gasteiger partial charge in [0, 0.05) is 64.0 Å². The quantitative estimate of drug-likeness (QED) is 0.0889. The van der Waals surface area contributed by atoms with Gasteiger partial charge in [0.15, 0.2) is 5.82 Å². The second-order valence-electron chi connectivity index (χ2n) is 15.3. The Kier molecular flexibility index (Phi) is 12.2. The summed E-state index contributed by atoms with van der Waals surface area (Å²) in [5, 5.41) is 12.9. The standard InChI is InChI=1S/C48H46N8O5S/c1-52(48(57)53(2)45(37-18-10-5-11-19-37)30-35-14-6-3-7-15-35)44-25-23-40(32-46(44)56(58)59)62(60,61)51-47-42-24-22-39(31-43(42)49-34-50-47)55-28-26-54(27-29-55)33-38-20-12-13-21-41(38)36-16-8-4-9-17-36/h3-25,31-32,34,45H,26-30,33H2,1-2H3,(H,49,50,51). The van der Waals surface area contributed by atoms with E-state index >= 15 is 0 Å². The zero-order valence-electron chi connectivity index (χ0n) is 34.4. The van der Waals surface area contributed by atoms with Crippen LogP contribution in [0, 0.1) is 10.1 Å². The molecular formula is C48H46N8O5S. The first-order chi connectivity index (χ1) is 30.1. The highest BCUT2D eigenvalue weighted by Gasteiger charge is 2.31. The minimum absolute atomic E-state index is 0.0365. The molecule has 2 amide bonds. The topological polar surface area (TPSA) is 145 Å². The molecule has 314 valence electrons. The number of aromatic nitrogens is 2. The molecule has 0 saturated carbocycles. The number of nitrogens with one attached hydrogen (secondary N) is 1. The first kappa shape index (κ1) is 41.6. The van der Waals surface area contributed by atoms with E-state index in [1.807, 2.05) is 78.9 Å². The van der Waals surface area contributed by atoms with Crippen LogP contribution in [0.3, 0.4) is 0 Å². The van der Waals surface area contributed by atoms with Crippen molar-refractivity contribution in [3.05, 3.63) is 185 Å². The number of carbonyl (C=O) groups is 1. The molecule has 0 aliphatic carbocycles. The molecule has 1 atom stereocenters. The van der Waals surface area contributed by atoms with Gasteiger partial charge >= 0.3 is 6.03 Å². The van der Waals surface area contributed by atoms with Gasteiger partial charge in [-0.05, 0) is 64.6 Å². The molecule has 13 nitrogen and oxygen atoms in total. The van der Waals surface area contributed by atoms with Crippen molar-refractivity contribution >= 4 is 49.8 Å². The van der Waals surface area contributed by atoms with Crippen LogP contribution in [-0.4, -0.2) is 79.4 Å². The van der Waals surface area contributed by atoms with Gasteiger partial charge in [0.05, 0.1) is 21.4 Å². The molecule has 1 N–H and O–H groups in total. The number of anilines is 3. The van der Waals surface area contributed by atoms with E-state index < -0.39 is 26.7 Å². The molecule has 8 rings (SSSR count). The number of nitrogens with zero attached hydrogens (tertiary/aromatic N) is 7. The lowest BCUT2D eigenvalue weighted by Crippen LogP contribution is -2.46. The van der Waals surface area contributed by atoms with Crippen LogP contribution >= 0.6 is 0 Å². The minimum Gasteiger partial charge on any atom is -0.369 e. The average Bonchev–Trinajstić information content (AvgIpc) is 3.31. The summed E-state index contributed by atoms with van der Waals surface area (Å²) in [4.78, 5) is 41.6. The van der Waals surface area contributed by atoms with Crippen molar-refractivity contribution in [3.63, 3.8) is 0 Å². The summed E-state index contributed by atoms with van der Waals surface area (Å²) in [5.74, 6) is 0.0365. The van der Waals surface area contributed by atoms with E-state index in [0.717, 1.165) is 55.6 Å². The number of urea groups is 1. The highest BCUT2D eigenvalue weighted by Crippen LogP contribution is 2.34. The van der Waals surface area contributed by atoms with Crippen molar-refractivity contribution in [1.82, 2.24) is 19.8 Å². The van der Waals surface area contributed by atoms with Gasteiger partial charge < -0.3 is 9.80 Å². The Morgan fingerprint density at radius 3 is 2.16 bits per heavy atom. The van der Waals surface area contributed by atoms with Crippen molar-refractivity contribution in [2.24, 2.45) is 0 Å².